The first kappa shape index (κ1) is 14.1. The molecule has 0 aliphatic rings. The maximum Gasteiger partial charge on any atom is 0.308 e. The number of benzene rings is 1. The molecule has 0 saturated heterocycles. The van der Waals surface area contributed by atoms with Crippen LogP contribution in [0.4, 0.5) is 0 Å². The van der Waals surface area contributed by atoms with Crippen LogP contribution in [0, 0.1) is 5.92 Å². The third kappa shape index (κ3) is 4.44. The van der Waals surface area contributed by atoms with E-state index in [4.69, 9.17) is 27.6 Å². The van der Waals surface area contributed by atoms with Gasteiger partial charge in [0.2, 0.25) is 0 Å². The van der Waals surface area contributed by atoms with Gasteiger partial charge < -0.3 is 9.15 Å². The highest BCUT2D eigenvalue weighted by Gasteiger charge is 2.06. The van der Waals surface area contributed by atoms with E-state index in [0.717, 1.165) is 11.2 Å². The Morgan fingerprint density at radius 3 is 2.47 bits per heavy atom. The summed E-state index contributed by atoms with van der Waals surface area (Å²) in [5.74, 6) is 0.141. The molecule has 2 rings (SSSR count). The van der Waals surface area contributed by atoms with E-state index < -0.39 is 0 Å². The van der Waals surface area contributed by atoms with Gasteiger partial charge in [-0.25, -0.2) is 0 Å². The lowest BCUT2D eigenvalue weighted by atomic mass is 10.2. The van der Waals surface area contributed by atoms with Crippen LogP contribution in [0.25, 0.3) is 11.2 Å². The zero-order chi connectivity index (χ0) is 12.8. The molecule has 2 aromatic heterocycles. The number of alkyl halides is 1. The zero-order valence-corrected chi connectivity index (χ0v) is 11.2. The Hall–Kier alpha value is -0.930. The third-order valence-corrected chi connectivity index (χ3v) is 2.37. The number of furan rings is 2. The Kier molecular flexibility index (Phi) is 5.59. The Balaban J connectivity index is 0.000000170. The van der Waals surface area contributed by atoms with Gasteiger partial charge in [-0.15, -0.1) is 11.6 Å². The Morgan fingerprint density at radius 1 is 1.47 bits per heavy atom. The van der Waals surface area contributed by atoms with Crippen LogP contribution in [-0.4, -0.2) is 18.5 Å². The van der Waals surface area contributed by atoms with Crippen LogP contribution in [0.5, 0.6) is 0 Å². The molecule has 0 radical (unpaired) electrons. The van der Waals surface area contributed by atoms with Crippen LogP contribution >= 0.6 is 23.2 Å². The summed E-state index contributed by atoms with van der Waals surface area (Å²) in [4.78, 5) is 10.6. The van der Waals surface area contributed by atoms with Crippen molar-refractivity contribution in [2.75, 3.05) is 12.5 Å². The van der Waals surface area contributed by atoms with Crippen molar-refractivity contribution in [1.82, 2.24) is 0 Å². The normalized spacial score (nSPS) is 10.4. The van der Waals surface area contributed by atoms with Crippen molar-refractivity contribution in [3.05, 3.63) is 23.2 Å². The number of carbonyl (C=O) groups excluding carboxylic acids is 1. The molecule has 0 aromatic carbocycles. The van der Waals surface area contributed by atoms with Gasteiger partial charge in [0.05, 0.1) is 16.8 Å². The third-order valence-electron chi connectivity index (χ3n) is 1.92. The highest BCUT2D eigenvalue weighted by molar-refractivity contribution is 6.34. The number of halogens is 2. The summed E-state index contributed by atoms with van der Waals surface area (Å²) in [5, 5.41) is 0.711. The number of ether oxygens (including phenoxy) is 1. The number of esters is 1. The van der Waals surface area contributed by atoms with E-state index >= 15 is 0 Å². The van der Waals surface area contributed by atoms with Crippen molar-refractivity contribution in [3.8, 4) is 0 Å². The molecule has 2 heterocycles. The van der Waals surface area contributed by atoms with Crippen molar-refractivity contribution in [1.29, 1.82) is 0 Å². The second kappa shape index (κ2) is 6.72. The lowest BCUT2D eigenvalue weighted by molar-refractivity contribution is -0.146. The quantitative estimate of drug-likeness (QED) is 0.630. The number of rotatable bonds is 3. The number of hydrogen-bond acceptors (Lipinski definition) is 3. The van der Waals surface area contributed by atoms with E-state index in [9.17, 15) is 4.79 Å². The van der Waals surface area contributed by atoms with E-state index in [1.54, 1.807) is 19.9 Å². The molecular weight excluding hydrogens is 263 g/mol. The molecule has 2 aromatic rings. The van der Waals surface area contributed by atoms with Crippen LogP contribution in [-0.2, 0) is 9.53 Å². The highest BCUT2D eigenvalue weighted by Crippen LogP contribution is 2.25. The molecule has 3 nitrogen and oxygen atoms in total. The topological polar surface area (TPSA) is 39.4 Å². The molecule has 0 spiro atoms. The monoisotopic (exact) mass is 276 g/mol. The van der Waals surface area contributed by atoms with Crippen LogP contribution in [0.2, 0.25) is 5.02 Å². The molecule has 0 saturated carbocycles. The summed E-state index contributed by atoms with van der Waals surface area (Å²) in [5.41, 5.74) is 1.63. The van der Waals surface area contributed by atoms with E-state index in [0.29, 0.717) is 17.5 Å². The SMILES string of the molecule is CC(C)C(=O)OCCCl.Clc1cc2ccc1o2. The fraction of sp³-hybridized carbons (Fsp3) is 0.417. The summed E-state index contributed by atoms with van der Waals surface area (Å²) in [7, 11) is 0. The van der Waals surface area contributed by atoms with Gasteiger partial charge in [-0.1, -0.05) is 25.4 Å². The molecule has 0 aliphatic carbocycles. The van der Waals surface area contributed by atoms with Gasteiger partial charge in [0.15, 0.2) is 0 Å². The second-order valence-electron chi connectivity index (χ2n) is 3.71. The second-order valence-corrected chi connectivity index (χ2v) is 4.49. The van der Waals surface area contributed by atoms with Gasteiger partial charge in [0.1, 0.15) is 17.8 Å². The summed E-state index contributed by atoms with van der Waals surface area (Å²) >= 11 is 10.9. The maximum atomic E-state index is 10.6. The molecule has 0 unspecified atom stereocenters. The van der Waals surface area contributed by atoms with Gasteiger partial charge in [0.25, 0.3) is 0 Å². The number of fused-ring (bicyclic) bond motifs is 2. The molecule has 0 fully saturated rings. The molecular formula is C12H14Cl2O3. The van der Waals surface area contributed by atoms with Crippen LogP contribution in [0.15, 0.2) is 22.6 Å². The molecule has 0 N–H and O–H groups in total. The molecule has 2 bridgehead atoms. The Labute approximate surface area is 110 Å². The zero-order valence-electron chi connectivity index (χ0n) is 9.70. The first-order chi connectivity index (χ1) is 8.04. The van der Waals surface area contributed by atoms with Crippen molar-refractivity contribution in [2.24, 2.45) is 5.92 Å². The summed E-state index contributed by atoms with van der Waals surface area (Å²) in [6.45, 7) is 3.89. The maximum absolute atomic E-state index is 10.6. The molecule has 17 heavy (non-hydrogen) atoms. The molecule has 0 aliphatic heterocycles. The summed E-state index contributed by atoms with van der Waals surface area (Å²) < 4.78 is 9.76. The minimum absolute atomic E-state index is 0.0479. The minimum Gasteiger partial charge on any atom is -0.464 e. The molecule has 94 valence electrons. The van der Waals surface area contributed by atoms with E-state index in [1.165, 1.54) is 0 Å². The predicted octanol–water partition coefficient (Wildman–Crippen LogP) is 3.95. The molecule has 0 atom stereocenters. The van der Waals surface area contributed by atoms with Gasteiger partial charge in [0, 0.05) is 6.07 Å². The lowest BCUT2D eigenvalue weighted by Gasteiger charge is -2.03. The van der Waals surface area contributed by atoms with E-state index in [-0.39, 0.29) is 11.9 Å². The van der Waals surface area contributed by atoms with Gasteiger partial charge >= 0.3 is 5.97 Å². The van der Waals surface area contributed by atoms with Crippen LogP contribution < -0.4 is 0 Å². The van der Waals surface area contributed by atoms with E-state index in [2.05, 4.69) is 4.74 Å². The smallest absolute Gasteiger partial charge is 0.308 e. The van der Waals surface area contributed by atoms with Crippen molar-refractivity contribution in [3.63, 3.8) is 0 Å². The first-order valence-corrected chi connectivity index (χ1v) is 6.16. The fourth-order valence-corrected chi connectivity index (χ4v) is 1.35. The highest BCUT2D eigenvalue weighted by atomic mass is 35.5. The average Bonchev–Trinajstić information content (AvgIpc) is 2.87. The standard InChI is InChI=1S/C6H11ClO2.C6H3ClO/c1-5(2)6(8)9-4-3-7;7-5-3-4-1-2-6(5)8-4/h5H,3-4H2,1-2H3;1-3H. The number of carbonyl (C=O) groups is 1. The summed E-state index contributed by atoms with van der Waals surface area (Å²) in [6.07, 6.45) is 0. The minimum atomic E-state index is -0.185. The molecule has 5 heteroatoms. The van der Waals surface area contributed by atoms with Gasteiger partial charge in [-0.05, 0) is 12.1 Å². The largest absolute Gasteiger partial charge is 0.464 e. The Bertz CT molecular complexity index is 450. The average molecular weight is 277 g/mol. The molecule has 0 amide bonds. The van der Waals surface area contributed by atoms with Gasteiger partial charge in [-0.2, -0.15) is 0 Å². The summed E-state index contributed by atoms with van der Waals surface area (Å²) in [6, 6.07) is 5.55. The van der Waals surface area contributed by atoms with Crippen LogP contribution in [0.1, 0.15) is 13.8 Å². The Morgan fingerprint density at radius 2 is 2.18 bits per heavy atom. The van der Waals surface area contributed by atoms with Gasteiger partial charge in [-0.3, -0.25) is 4.79 Å². The van der Waals surface area contributed by atoms with Crippen molar-refractivity contribution < 1.29 is 13.9 Å². The van der Waals surface area contributed by atoms with Crippen molar-refractivity contribution in [2.45, 2.75) is 13.8 Å². The lowest BCUT2D eigenvalue weighted by Crippen LogP contribution is -2.12. The predicted molar refractivity (Wildman–Crippen MR) is 68.9 cm³/mol. The van der Waals surface area contributed by atoms with Crippen LogP contribution in [0.3, 0.4) is 0 Å². The van der Waals surface area contributed by atoms with Crippen molar-refractivity contribution >= 4 is 40.3 Å². The number of hydrogen-bond donors (Lipinski definition) is 0. The fourth-order valence-electron chi connectivity index (χ4n) is 1.06. The van der Waals surface area contributed by atoms with E-state index in [1.807, 2.05) is 12.1 Å². The first-order valence-electron chi connectivity index (χ1n) is 5.24.